The van der Waals surface area contributed by atoms with Crippen LogP contribution in [0.5, 0.6) is 0 Å². The average Bonchev–Trinajstić information content (AvgIpc) is 3.28. The highest BCUT2D eigenvalue weighted by Gasteiger charge is 2.73. The van der Waals surface area contributed by atoms with Crippen molar-refractivity contribution in [3.8, 4) is 0 Å². The monoisotopic (exact) mass is 975 g/mol. The van der Waals surface area contributed by atoms with Gasteiger partial charge in [0, 0.05) is 11.3 Å². The standard InChI is InChI=1S/C48H78O20/c1-20-28(53)30(55)33(58)40(64-20)67-36-25(17-49)65-39(35(60)32(36)57)63-18-26-29(54)31(56)34(59)41(66-26)68-42(62)48-12-10-43(2,3)14-22(48)21-8-9-27-44(4)15-24(52)38(61)45(5,19-50)37(44)23(51)16-47(27,7)46(21,6)11-13-48/h8,20,22-41,49-61H,9-19H2,1-7H3/t20-,22-,23+,24+,25+,26+,27+,28-,29+,30+,31-,32+,33+,34+,35+,36+,37+,38-,39+,40-,41-,44+,45-,46+,47+,48-/m0/s1. The summed E-state index contributed by atoms with van der Waals surface area (Å²) in [4.78, 5) is 15.0. The summed E-state index contributed by atoms with van der Waals surface area (Å²) in [7, 11) is 0. The lowest BCUT2D eigenvalue weighted by atomic mass is 9.33. The number of hydrogen-bond acceptors (Lipinski definition) is 20. The number of carbonyl (C=O) groups excluding carboxylic acids is 1. The summed E-state index contributed by atoms with van der Waals surface area (Å²) in [6, 6.07) is 0. The first-order valence-corrected chi connectivity index (χ1v) is 24.5. The predicted octanol–water partition coefficient (Wildman–Crippen LogP) is -1.92. The van der Waals surface area contributed by atoms with Crippen LogP contribution in [-0.2, 0) is 33.2 Å². The van der Waals surface area contributed by atoms with E-state index in [1.54, 1.807) is 6.92 Å². The van der Waals surface area contributed by atoms with Crippen LogP contribution in [0.4, 0.5) is 0 Å². The Bertz CT molecular complexity index is 1870. The highest BCUT2D eigenvalue weighted by Crippen LogP contribution is 2.76. The summed E-state index contributed by atoms with van der Waals surface area (Å²) in [6.07, 6.45) is -21.7. The summed E-state index contributed by atoms with van der Waals surface area (Å²) in [5, 5.41) is 142. The largest absolute Gasteiger partial charge is 0.432 e. The number of carbonyl (C=O) groups is 1. The number of rotatable bonds is 9. The van der Waals surface area contributed by atoms with Crippen LogP contribution < -0.4 is 0 Å². The van der Waals surface area contributed by atoms with Crippen molar-refractivity contribution in [2.24, 2.45) is 50.2 Å². The van der Waals surface area contributed by atoms with Gasteiger partial charge in [-0.3, -0.25) is 4.79 Å². The van der Waals surface area contributed by atoms with E-state index in [4.69, 9.17) is 28.4 Å². The van der Waals surface area contributed by atoms with Gasteiger partial charge in [-0.1, -0.05) is 53.2 Å². The first kappa shape index (κ1) is 52.8. The van der Waals surface area contributed by atoms with E-state index in [2.05, 4.69) is 40.7 Å². The summed E-state index contributed by atoms with van der Waals surface area (Å²) < 4.78 is 34.6. The minimum atomic E-state index is -1.89. The van der Waals surface area contributed by atoms with Crippen LogP contribution in [0.2, 0.25) is 0 Å². The van der Waals surface area contributed by atoms with Crippen molar-refractivity contribution in [2.75, 3.05) is 19.8 Å². The highest BCUT2D eigenvalue weighted by molar-refractivity contribution is 5.79. The molecule has 8 rings (SSSR count). The van der Waals surface area contributed by atoms with E-state index < -0.39 is 169 Å². The maximum absolute atomic E-state index is 15.0. The molecule has 0 spiro atoms. The maximum Gasteiger partial charge on any atom is 0.315 e. The number of fused-ring (bicyclic) bond motifs is 7. The summed E-state index contributed by atoms with van der Waals surface area (Å²) in [6.45, 7) is 12.1. The molecule has 3 aliphatic heterocycles. The Hall–Kier alpha value is -1.51. The molecule has 7 fully saturated rings. The summed E-state index contributed by atoms with van der Waals surface area (Å²) in [5.41, 5.74) is -3.01. The van der Waals surface area contributed by atoms with Gasteiger partial charge in [-0.05, 0) is 91.8 Å². The van der Waals surface area contributed by atoms with Gasteiger partial charge in [0.05, 0.1) is 49.7 Å². The normalized spacial score (nSPS) is 55.7. The fourth-order valence-corrected chi connectivity index (χ4v) is 15.1. The van der Waals surface area contributed by atoms with Crippen molar-refractivity contribution in [1.29, 1.82) is 0 Å². The number of hydrogen-bond donors (Lipinski definition) is 13. The number of allylic oxidation sites excluding steroid dienone is 2. The molecule has 5 aliphatic carbocycles. The molecular formula is C48H78O20. The zero-order valence-corrected chi connectivity index (χ0v) is 40.2. The lowest BCUT2D eigenvalue weighted by Gasteiger charge is -2.72. The van der Waals surface area contributed by atoms with Crippen molar-refractivity contribution in [3.63, 3.8) is 0 Å². The average molecular weight is 975 g/mol. The van der Waals surface area contributed by atoms with Crippen LogP contribution in [0, 0.1) is 50.2 Å². The lowest BCUT2D eigenvalue weighted by Crippen LogP contribution is -2.71. The third kappa shape index (κ3) is 8.07. The summed E-state index contributed by atoms with van der Waals surface area (Å²) in [5.74, 6) is -1.51. The zero-order chi connectivity index (χ0) is 50.0. The van der Waals surface area contributed by atoms with Gasteiger partial charge in [-0.25, -0.2) is 0 Å². The minimum absolute atomic E-state index is 0.0494. The molecule has 3 heterocycles. The second-order valence-corrected chi connectivity index (χ2v) is 23.7. The molecule has 0 radical (unpaired) electrons. The van der Waals surface area contributed by atoms with Crippen molar-refractivity contribution in [1.82, 2.24) is 0 Å². The zero-order valence-electron chi connectivity index (χ0n) is 40.2. The molecule has 0 aromatic rings. The SMILES string of the molecule is C[C@@H]1O[C@@H](O[C@H]2[C@H](O)[C@@H](O)[C@H](OC[C@H]3O[C@@H](OC(=O)[C@]45CCC(C)(C)C[C@H]4C4=CC[C@@H]6[C@@]7(C)C[C@@H](O)[C@H](O)[C@@](C)(CO)[C@@H]7[C@H](O)C[C@@]6(C)[C@]4(C)CC5)[C@H](O)[C@@H](O)[C@@H]3O)O[C@@H]2CO)[C@H](O)[C@H](O)[C@H]1O. The first-order chi connectivity index (χ1) is 31.7. The van der Waals surface area contributed by atoms with Crippen LogP contribution >= 0.6 is 0 Å². The molecule has 3 saturated heterocycles. The van der Waals surface area contributed by atoms with E-state index in [1.807, 2.05) is 0 Å². The molecule has 0 aromatic heterocycles. The van der Waals surface area contributed by atoms with Crippen molar-refractivity contribution in [2.45, 2.75) is 210 Å². The summed E-state index contributed by atoms with van der Waals surface area (Å²) >= 11 is 0. The van der Waals surface area contributed by atoms with Gasteiger partial charge in [0.25, 0.3) is 0 Å². The van der Waals surface area contributed by atoms with Crippen molar-refractivity contribution >= 4 is 5.97 Å². The lowest BCUT2D eigenvalue weighted by molar-refractivity contribution is -0.361. The predicted molar refractivity (Wildman–Crippen MR) is 233 cm³/mol. The smallest absolute Gasteiger partial charge is 0.315 e. The van der Waals surface area contributed by atoms with E-state index in [-0.39, 0.29) is 23.7 Å². The highest BCUT2D eigenvalue weighted by atomic mass is 16.8. The van der Waals surface area contributed by atoms with Gasteiger partial charge in [-0.15, -0.1) is 0 Å². The van der Waals surface area contributed by atoms with Gasteiger partial charge < -0.3 is 94.8 Å². The molecule has 26 atom stereocenters. The number of aliphatic hydroxyl groups excluding tert-OH is 13. The quantitative estimate of drug-likeness (QED) is 0.0885. The van der Waals surface area contributed by atoms with Crippen LogP contribution in [0.3, 0.4) is 0 Å². The first-order valence-electron chi connectivity index (χ1n) is 24.5. The third-order valence-electron chi connectivity index (χ3n) is 19.3. The molecule has 8 aliphatic rings. The minimum Gasteiger partial charge on any atom is -0.432 e. The fraction of sp³-hybridized carbons (Fsp3) is 0.938. The molecule has 13 N–H and O–H groups in total. The van der Waals surface area contributed by atoms with Crippen LogP contribution in [0.25, 0.3) is 0 Å². The van der Waals surface area contributed by atoms with Crippen LogP contribution in [0.15, 0.2) is 11.6 Å². The van der Waals surface area contributed by atoms with E-state index in [9.17, 15) is 71.2 Å². The Labute approximate surface area is 396 Å². The molecule has 68 heavy (non-hydrogen) atoms. The number of aliphatic hydroxyl groups is 13. The molecule has 0 amide bonds. The molecule has 4 saturated carbocycles. The second-order valence-electron chi connectivity index (χ2n) is 23.7. The topological polar surface area (TPSA) is 335 Å². The molecule has 390 valence electrons. The van der Waals surface area contributed by atoms with Crippen LogP contribution in [-0.4, -0.2) is 203 Å². The third-order valence-corrected chi connectivity index (χ3v) is 19.3. The van der Waals surface area contributed by atoms with Gasteiger partial charge in [0.1, 0.15) is 67.1 Å². The Morgan fingerprint density at radius 1 is 0.676 bits per heavy atom. The van der Waals surface area contributed by atoms with Gasteiger partial charge in [-0.2, -0.15) is 0 Å². The molecular weight excluding hydrogens is 897 g/mol. The van der Waals surface area contributed by atoms with Gasteiger partial charge in [0.15, 0.2) is 12.6 Å². The van der Waals surface area contributed by atoms with Gasteiger partial charge >= 0.3 is 5.97 Å². The molecule has 0 bridgehead atoms. The Kier molecular flexibility index (Phi) is 14.3. The molecule has 0 aromatic carbocycles. The van der Waals surface area contributed by atoms with E-state index >= 15 is 0 Å². The Morgan fingerprint density at radius 2 is 1.29 bits per heavy atom. The molecule has 0 unspecified atom stereocenters. The van der Waals surface area contributed by atoms with Crippen LogP contribution in [0.1, 0.15) is 99.8 Å². The number of ether oxygens (including phenoxy) is 6. The van der Waals surface area contributed by atoms with E-state index in [1.165, 1.54) is 6.92 Å². The van der Waals surface area contributed by atoms with E-state index in [0.717, 1.165) is 5.57 Å². The Balaban J connectivity index is 0.991. The van der Waals surface area contributed by atoms with E-state index in [0.29, 0.717) is 44.9 Å². The molecule has 20 nitrogen and oxygen atoms in total. The Morgan fingerprint density at radius 3 is 1.96 bits per heavy atom. The van der Waals surface area contributed by atoms with Crippen molar-refractivity contribution < 1.29 is 99.6 Å². The number of esters is 1. The molecule has 20 heteroatoms. The van der Waals surface area contributed by atoms with Gasteiger partial charge in [0.2, 0.25) is 6.29 Å². The fourth-order valence-electron chi connectivity index (χ4n) is 15.1. The maximum atomic E-state index is 15.0. The van der Waals surface area contributed by atoms with Crippen molar-refractivity contribution in [3.05, 3.63) is 11.6 Å². The second kappa shape index (κ2) is 18.5.